The maximum atomic E-state index is 11.6. The summed E-state index contributed by atoms with van der Waals surface area (Å²) in [6.07, 6.45) is 5.73. The molecule has 0 saturated heterocycles. The Labute approximate surface area is 214 Å². The predicted octanol–water partition coefficient (Wildman–Crippen LogP) is 4.82. The normalized spacial score (nSPS) is 11.8. The Morgan fingerprint density at radius 3 is 2.46 bits per heavy atom. The predicted molar refractivity (Wildman–Crippen MR) is 141 cm³/mol. The van der Waals surface area contributed by atoms with Gasteiger partial charge in [0.15, 0.2) is 11.5 Å². The SMILES string of the molecule is CC(C)(c1ccc(C#Cc2nccnc2NS(C)(=O)=O)cc1)c1cc(Cl)c2c(cnn2CCCl)c1. The molecule has 0 unspecified atom stereocenters. The average Bonchev–Trinajstić information content (AvgIpc) is 3.21. The molecule has 1 N–H and O–H groups in total. The number of fused-ring (bicyclic) bond motifs is 1. The van der Waals surface area contributed by atoms with Crippen molar-refractivity contribution in [2.24, 2.45) is 0 Å². The lowest BCUT2D eigenvalue weighted by molar-refractivity contribution is 0.606. The topological polar surface area (TPSA) is 89.8 Å². The minimum Gasteiger partial charge on any atom is -0.265 e. The maximum absolute atomic E-state index is 11.6. The first kappa shape index (κ1) is 25.0. The molecule has 0 aliphatic carbocycles. The summed E-state index contributed by atoms with van der Waals surface area (Å²) in [5, 5.41) is 6.02. The molecule has 0 saturated carbocycles. The average molecular weight is 528 g/mol. The first-order valence-electron chi connectivity index (χ1n) is 10.7. The third-order valence-electron chi connectivity index (χ3n) is 5.62. The summed E-state index contributed by atoms with van der Waals surface area (Å²) in [4.78, 5) is 8.15. The number of benzene rings is 2. The maximum Gasteiger partial charge on any atom is 0.231 e. The summed E-state index contributed by atoms with van der Waals surface area (Å²) in [6.45, 7) is 4.87. The Bertz CT molecular complexity index is 1550. The van der Waals surface area contributed by atoms with Crippen molar-refractivity contribution >= 4 is 49.9 Å². The molecule has 0 fully saturated rings. The van der Waals surface area contributed by atoms with Crippen LogP contribution in [-0.2, 0) is 22.0 Å². The van der Waals surface area contributed by atoms with E-state index in [-0.39, 0.29) is 16.9 Å². The molecule has 0 spiro atoms. The fourth-order valence-electron chi connectivity index (χ4n) is 3.74. The van der Waals surface area contributed by atoms with Gasteiger partial charge in [0.05, 0.1) is 29.5 Å². The molecular weight excluding hydrogens is 505 g/mol. The van der Waals surface area contributed by atoms with Crippen LogP contribution in [0.2, 0.25) is 5.02 Å². The van der Waals surface area contributed by atoms with Crippen molar-refractivity contribution in [1.82, 2.24) is 19.7 Å². The van der Waals surface area contributed by atoms with Crippen LogP contribution in [0.15, 0.2) is 55.0 Å². The summed E-state index contributed by atoms with van der Waals surface area (Å²) < 4.78 is 27.3. The lowest BCUT2D eigenvalue weighted by Crippen LogP contribution is -2.19. The first-order chi connectivity index (χ1) is 16.6. The highest BCUT2D eigenvalue weighted by molar-refractivity contribution is 7.92. The molecule has 35 heavy (non-hydrogen) atoms. The number of aryl methyl sites for hydroxylation is 1. The molecule has 4 rings (SSSR count). The molecule has 180 valence electrons. The second-order valence-electron chi connectivity index (χ2n) is 8.53. The number of aromatic nitrogens is 4. The zero-order valence-corrected chi connectivity index (χ0v) is 21.7. The molecule has 10 heteroatoms. The molecule has 7 nitrogen and oxygen atoms in total. The Balaban J connectivity index is 1.62. The fraction of sp³-hybridized carbons (Fsp3) is 0.240. The van der Waals surface area contributed by atoms with Crippen LogP contribution >= 0.6 is 23.2 Å². The van der Waals surface area contributed by atoms with Gasteiger partial charge < -0.3 is 0 Å². The summed E-state index contributed by atoms with van der Waals surface area (Å²) in [5.41, 5.74) is 3.72. The molecule has 0 aliphatic rings. The van der Waals surface area contributed by atoms with Crippen molar-refractivity contribution in [2.45, 2.75) is 25.8 Å². The van der Waals surface area contributed by atoms with Crippen molar-refractivity contribution in [3.8, 4) is 11.8 Å². The van der Waals surface area contributed by atoms with Gasteiger partial charge >= 0.3 is 0 Å². The van der Waals surface area contributed by atoms with Gasteiger partial charge in [0, 0.05) is 34.6 Å². The van der Waals surface area contributed by atoms with Crippen LogP contribution in [0.5, 0.6) is 0 Å². The Morgan fingerprint density at radius 1 is 1.06 bits per heavy atom. The first-order valence-corrected chi connectivity index (χ1v) is 13.5. The van der Waals surface area contributed by atoms with E-state index in [1.165, 1.54) is 12.4 Å². The summed E-state index contributed by atoms with van der Waals surface area (Å²) >= 11 is 12.5. The number of halogens is 2. The minimum absolute atomic E-state index is 0.0990. The molecule has 0 aliphatic heterocycles. The van der Waals surface area contributed by atoms with Crippen LogP contribution in [0.1, 0.15) is 36.2 Å². The highest BCUT2D eigenvalue weighted by Gasteiger charge is 2.25. The van der Waals surface area contributed by atoms with Crippen LogP contribution in [0.4, 0.5) is 5.82 Å². The molecule has 2 heterocycles. The second kappa shape index (κ2) is 9.86. The number of hydrogen-bond acceptors (Lipinski definition) is 5. The van der Waals surface area contributed by atoms with E-state index in [2.05, 4.69) is 51.5 Å². The number of rotatable bonds is 6. The third kappa shape index (κ3) is 5.59. The third-order valence-corrected chi connectivity index (χ3v) is 6.64. The van der Waals surface area contributed by atoms with Crippen LogP contribution in [0.25, 0.3) is 10.9 Å². The van der Waals surface area contributed by atoms with Gasteiger partial charge in [-0.25, -0.2) is 18.4 Å². The molecule has 0 atom stereocenters. The fourth-order valence-corrected chi connectivity index (χ4v) is 4.72. The molecular formula is C25H23Cl2N5O2S. The van der Waals surface area contributed by atoms with Gasteiger partial charge in [0.25, 0.3) is 0 Å². The van der Waals surface area contributed by atoms with E-state index in [4.69, 9.17) is 23.2 Å². The molecule has 4 aromatic rings. The lowest BCUT2D eigenvalue weighted by Gasteiger charge is -2.26. The zero-order valence-electron chi connectivity index (χ0n) is 19.4. The number of hydrogen-bond donors (Lipinski definition) is 1. The second-order valence-corrected chi connectivity index (χ2v) is 11.1. The van der Waals surface area contributed by atoms with Gasteiger partial charge in [-0.1, -0.05) is 43.5 Å². The van der Waals surface area contributed by atoms with Crippen molar-refractivity contribution in [3.05, 3.63) is 82.4 Å². The van der Waals surface area contributed by atoms with Gasteiger partial charge in [-0.2, -0.15) is 5.10 Å². The number of anilines is 1. The Kier molecular flexibility index (Phi) is 7.04. The molecule has 0 bridgehead atoms. The highest BCUT2D eigenvalue weighted by Crippen LogP contribution is 2.36. The Hall–Kier alpha value is -3.12. The van der Waals surface area contributed by atoms with Gasteiger partial charge in [-0.05, 0) is 41.3 Å². The van der Waals surface area contributed by atoms with E-state index in [0.29, 0.717) is 17.4 Å². The summed E-state index contributed by atoms with van der Waals surface area (Å²) in [5.74, 6) is 6.48. The van der Waals surface area contributed by atoms with Crippen LogP contribution < -0.4 is 4.72 Å². The van der Waals surface area contributed by atoms with E-state index < -0.39 is 10.0 Å². The van der Waals surface area contributed by atoms with E-state index in [1.54, 1.807) is 0 Å². The van der Waals surface area contributed by atoms with Crippen LogP contribution in [0.3, 0.4) is 0 Å². The van der Waals surface area contributed by atoms with Crippen molar-refractivity contribution in [3.63, 3.8) is 0 Å². The minimum atomic E-state index is -3.49. The van der Waals surface area contributed by atoms with Gasteiger partial charge in [-0.15, -0.1) is 11.6 Å². The van der Waals surface area contributed by atoms with Crippen LogP contribution in [0, 0.1) is 11.8 Å². The molecule has 2 aromatic carbocycles. The smallest absolute Gasteiger partial charge is 0.231 e. The van der Waals surface area contributed by atoms with E-state index in [1.807, 2.05) is 41.2 Å². The highest BCUT2D eigenvalue weighted by atomic mass is 35.5. The summed E-state index contributed by atoms with van der Waals surface area (Å²) in [6, 6.07) is 12.0. The van der Waals surface area contributed by atoms with Crippen LogP contribution in [-0.4, -0.2) is 40.3 Å². The van der Waals surface area contributed by atoms with E-state index in [0.717, 1.165) is 33.8 Å². The summed E-state index contributed by atoms with van der Waals surface area (Å²) in [7, 11) is -3.49. The number of sulfonamides is 1. The van der Waals surface area contributed by atoms with E-state index >= 15 is 0 Å². The largest absolute Gasteiger partial charge is 0.265 e. The monoisotopic (exact) mass is 527 g/mol. The number of nitrogens with zero attached hydrogens (tertiary/aromatic N) is 4. The zero-order chi connectivity index (χ0) is 25.2. The molecule has 0 amide bonds. The van der Waals surface area contributed by atoms with Gasteiger partial charge in [0.2, 0.25) is 10.0 Å². The van der Waals surface area contributed by atoms with Crippen molar-refractivity contribution < 1.29 is 8.42 Å². The molecule has 0 radical (unpaired) electrons. The molecule has 2 aromatic heterocycles. The van der Waals surface area contributed by atoms with Crippen molar-refractivity contribution in [1.29, 1.82) is 0 Å². The quantitative estimate of drug-likeness (QED) is 0.287. The van der Waals surface area contributed by atoms with Gasteiger partial charge in [-0.3, -0.25) is 9.40 Å². The van der Waals surface area contributed by atoms with E-state index in [9.17, 15) is 8.42 Å². The number of nitrogens with one attached hydrogen (secondary N) is 1. The Morgan fingerprint density at radius 2 is 1.77 bits per heavy atom. The number of alkyl halides is 1. The van der Waals surface area contributed by atoms with Crippen molar-refractivity contribution in [2.75, 3.05) is 16.9 Å². The lowest BCUT2D eigenvalue weighted by atomic mass is 9.77. The standard InChI is InChI=1S/C25H23Cl2N5O2S/c1-25(2,20-14-18-16-30-32(13-10-26)23(18)21(27)15-20)19-7-4-17(5-8-19)6-9-22-24(29-12-11-28-22)31-35(3,33)34/h4-5,7-8,11-12,14-16H,10,13H2,1-3H3,(H,29,31). The van der Waals surface area contributed by atoms with Gasteiger partial charge in [0.1, 0.15) is 0 Å².